The lowest BCUT2D eigenvalue weighted by Crippen LogP contribution is -2.35. The average Bonchev–Trinajstić information content (AvgIpc) is 2.18. The first-order chi connectivity index (χ1) is 7.14. The standard InChI is InChI=1S/C10H20N2O2S/c1-2-3-6-12-15(13,14)9-10-4-7-11-8-5-10/h2,10-12H,1,3-9H2. The van der Waals surface area contributed by atoms with Crippen LogP contribution < -0.4 is 10.0 Å². The highest BCUT2D eigenvalue weighted by Crippen LogP contribution is 2.13. The Hall–Kier alpha value is -0.390. The molecule has 0 aromatic heterocycles. The van der Waals surface area contributed by atoms with Gasteiger partial charge in [0, 0.05) is 6.54 Å². The monoisotopic (exact) mass is 232 g/mol. The molecule has 2 N–H and O–H groups in total. The number of rotatable bonds is 6. The molecule has 0 aromatic rings. The van der Waals surface area contributed by atoms with Gasteiger partial charge in [-0.1, -0.05) is 6.08 Å². The molecule has 0 aromatic carbocycles. The van der Waals surface area contributed by atoms with Crippen molar-refractivity contribution in [2.45, 2.75) is 19.3 Å². The zero-order valence-corrected chi connectivity index (χ0v) is 9.85. The van der Waals surface area contributed by atoms with Crippen LogP contribution >= 0.6 is 0 Å². The van der Waals surface area contributed by atoms with E-state index in [-0.39, 0.29) is 5.75 Å². The fourth-order valence-electron chi connectivity index (χ4n) is 1.73. The van der Waals surface area contributed by atoms with E-state index in [1.165, 1.54) is 0 Å². The maximum absolute atomic E-state index is 11.6. The molecule has 0 unspecified atom stereocenters. The molecule has 1 aliphatic rings. The van der Waals surface area contributed by atoms with Crippen molar-refractivity contribution in [3.63, 3.8) is 0 Å². The van der Waals surface area contributed by atoms with Crippen LogP contribution in [-0.4, -0.2) is 33.8 Å². The minimum atomic E-state index is -3.08. The van der Waals surface area contributed by atoms with Crippen molar-refractivity contribution in [3.8, 4) is 0 Å². The molecule has 0 aliphatic carbocycles. The molecule has 0 radical (unpaired) electrons. The summed E-state index contributed by atoms with van der Waals surface area (Å²) in [7, 11) is -3.08. The van der Waals surface area contributed by atoms with Crippen LogP contribution in [0.5, 0.6) is 0 Å². The van der Waals surface area contributed by atoms with Crippen molar-refractivity contribution in [3.05, 3.63) is 12.7 Å². The summed E-state index contributed by atoms with van der Waals surface area (Å²) in [6.07, 6.45) is 4.32. The minimum Gasteiger partial charge on any atom is -0.317 e. The summed E-state index contributed by atoms with van der Waals surface area (Å²) in [6.45, 7) is 5.90. The Morgan fingerprint density at radius 3 is 2.67 bits per heavy atom. The molecule has 0 saturated carbocycles. The smallest absolute Gasteiger partial charge is 0.211 e. The van der Waals surface area contributed by atoms with Gasteiger partial charge in [-0.25, -0.2) is 13.1 Å². The van der Waals surface area contributed by atoms with Gasteiger partial charge in [-0.15, -0.1) is 6.58 Å². The maximum atomic E-state index is 11.6. The van der Waals surface area contributed by atoms with Crippen LogP contribution in [-0.2, 0) is 10.0 Å². The van der Waals surface area contributed by atoms with Gasteiger partial charge >= 0.3 is 0 Å². The Kier molecular flexibility index (Phi) is 5.28. The van der Waals surface area contributed by atoms with E-state index >= 15 is 0 Å². The third kappa shape index (κ3) is 5.30. The maximum Gasteiger partial charge on any atom is 0.211 e. The molecule has 1 aliphatic heterocycles. The van der Waals surface area contributed by atoms with Gasteiger partial charge in [0.05, 0.1) is 5.75 Å². The molecule has 0 amide bonds. The zero-order valence-electron chi connectivity index (χ0n) is 9.04. The van der Waals surface area contributed by atoms with Crippen LogP contribution in [0.4, 0.5) is 0 Å². The molecule has 4 nitrogen and oxygen atoms in total. The van der Waals surface area contributed by atoms with Gasteiger partial charge < -0.3 is 5.32 Å². The van der Waals surface area contributed by atoms with Crippen LogP contribution in [0.15, 0.2) is 12.7 Å². The third-order valence-corrected chi connectivity index (χ3v) is 4.14. The lowest BCUT2D eigenvalue weighted by molar-refractivity contribution is 0.400. The molecule has 0 spiro atoms. The summed E-state index contributed by atoms with van der Waals surface area (Å²) in [5, 5.41) is 3.22. The molecule has 1 fully saturated rings. The zero-order chi connectivity index (χ0) is 11.1. The highest BCUT2D eigenvalue weighted by atomic mass is 32.2. The summed E-state index contributed by atoms with van der Waals surface area (Å²) in [5.74, 6) is 0.582. The van der Waals surface area contributed by atoms with Gasteiger partial charge in [-0.2, -0.15) is 0 Å². The molecule has 1 rings (SSSR count). The first kappa shape index (κ1) is 12.7. The Morgan fingerprint density at radius 2 is 2.07 bits per heavy atom. The van der Waals surface area contributed by atoms with E-state index < -0.39 is 10.0 Å². The second-order valence-corrected chi connectivity index (χ2v) is 5.80. The number of hydrogen-bond donors (Lipinski definition) is 2. The Bertz CT molecular complexity index is 282. The van der Waals surface area contributed by atoms with Gasteiger partial charge in [0.25, 0.3) is 0 Å². The Labute approximate surface area is 92.2 Å². The van der Waals surface area contributed by atoms with E-state index in [2.05, 4.69) is 16.6 Å². The molecule has 0 bridgehead atoms. The third-order valence-electron chi connectivity index (χ3n) is 2.58. The summed E-state index contributed by atoms with van der Waals surface area (Å²) in [5.41, 5.74) is 0. The quantitative estimate of drug-likeness (QED) is 0.517. The van der Waals surface area contributed by atoms with Gasteiger partial charge in [0.15, 0.2) is 0 Å². The predicted molar refractivity (Wildman–Crippen MR) is 62.2 cm³/mol. The van der Waals surface area contributed by atoms with E-state index in [0.29, 0.717) is 18.9 Å². The van der Waals surface area contributed by atoms with Gasteiger partial charge in [-0.3, -0.25) is 0 Å². The van der Waals surface area contributed by atoms with E-state index in [9.17, 15) is 8.42 Å². The van der Waals surface area contributed by atoms with Crippen LogP contribution in [0, 0.1) is 5.92 Å². The van der Waals surface area contributed by atoms with Crippen molar-refractivity contribution in [1.82, 2.24) is 10.0 Å². The van der Waals surface area contributed by atoms with Crippen molar-refractivity contribution in [2.75, 3.05) is 25.4 Å². The fourth-order valence-corrected chi connectivity index (χ4v) is 3.23. The fraction of sp³-hybridized carbons (Fsp3) is 0.800. The molecule has 5 heteroatoms. The second kappa shape index (κ2) is 6.25. The number of sulfonamides is 1. The van der Waals surface area contributed by atoms with Crippen molar-refractivity contribution in [1.29, 1.82) is 0 Å². The van der Waals surface area contributed by atoms with Crippen molar-refractivity contribution in [2.24, 2.45) is 5.92 Å². The first-order valence-corrected chi connectivity index (χ1v) is 7.08. The number of hydrogen-bond acceptors (Lipinski definition) is 3. The summed E-state index contributed by atoms with van der Waals surface area (Å²) in [4.78, 5) is 0. The highest BCUT2D eigenvalue weighted by Gasteiger charge is 2.20. The summed E-state index contributed by atoms with van der Waals surface area (Å²) in [6, 6.07) is 0. The first-order valence-electron chi connectivity index (χ1n) is 5.43. The summed E-state index contributed by atoms with van der Waals surface area (Å²) >= 11 is 0. The second-order valence-electron chi connectivity index (χ2n) is 3.95. The predicted octanol–water partition coefficient (Wildman–Crippen LogP) is 0.481. The normalized spacial score (nSPS) is 18.9. The Balaban J connectivity index is 2.30. The van der Waals surface area contributed by atoms with E-state index in [4.69, 9.17) is 0 Å². The molecule has 15 heavy (non-hydrogen) atoms. The number of nitrogens with one attached hydrogen (secondary N) is 2. The lowest BCUT2D eigenvalue weighted by Gasteiger charge is -2.22. The molecular weight excluding hydrogens is 212 g/mol. The molecule has 0 atom stereocenters. The van der Waals surface area contributed by atoms with E-state index in [1.54, 1.807) is 6.08 Å². The highest BCUT2D eigenvalue weighted by molar-refractivity contribution is 7.89. The largest absolute Gasteiger partial charge is 0.317 e. The molecular formula is C10H20N2O2S. The van der Waals surface area contributed by atoms with Crippen molar-refractivity contribution >= 4 is 10.0 Å². The lowest BCUT2D eigenvalue weighted by atomic mass is 10.0. The van der Waals surface area contributed by atoms with Crippen LogP contribution in [0.1, 0.15) is 19.3 Å². The van der Waals surface area contributed by atoms with E-state index in [1.807, 2.05) is 0 Å². The molecule has 1 saturated heterocycles. The van der Waals surface area contributed by atoms with Gasteiger partial charge in [-0.05, 0) is 38.3 Å². The number of piperidine rings is 1. The van der Waals surface area contributed by atoms with Crippen molar-refractivity contribution < 1.29 is 8.42 Å². The minimum absolute atomic E-state index is 0.270. The van der Waals surface area contributed by atoms with Gasteiger partial charge in [0.2, 0.25) is 10.0 Å². The molecule has 1 heterocycles. The van der Waals surface area contributed by atoms with Crippen LogP contribution in [0.25, 0.3) is 0 Å². The van der Waals surface area contributed by atoms with Crippen LogP contribution in [0.2, 0.25) is 0 Å². The average molecular weight is 232 g/mol. The van der Waals surface area contributed by atoms with Crippen LogP contribution in [0.3, 0.4) is 0 Å². The van der Waals surface area contributed by atoms with Gasteiger partial charge in [0.1, 0.15) is 0 Å². The molecule has 88 valence electrons. The van der Waals surface area contributed by atoms with E-state index in [0.717, 1.165) is 25.9 Å². The Morgan fingerprint density at radius 1 is 1.40 bits per heavy atom. The summed E-state index contributed by atoms with van der Waals surface area (Å²) < 4.78 is 25.8. The SMILES string of the molecule is C=CCCNS(=O)(=O)CC1CCNCC1. The topological polar surface area (TPSA) is 58.2 Å².